The minimum absolute atomic E-state index is 0.0810. The van der Waals surface area contributed by atoms with Gasteiger partial charge >= 0.3 is 0 Å². The standard InChI is InChI=1S/C17H21N3O2S/c1-22-15-6-4-13(5-7-15)17-14(9-19-20-17)8-18-16(21)11-23-10-12-2-3-12/h4-7,9,12H,2-3,8,10-11H2,1H3,(H,18,21)(H,19,20). The molecule has 1 aliphatic rings. The third-order valence-electron chi connectivity index (χ3n) is 3.86. The molecule has 0 spiro atoms. The maximum absolute atomic E-state index is 11.9. The van der Waals surface area contributed by atoms with Crippen molar-refractivity contribution in [2.75, 3.05) is 18.6 Å². The molecule has 1 saturated carbocycles. The van der Waals surface area contributed by atoms with Crippen LogP contribution in [0.1, 0.15) is 18.4 Å². The van der Waals surface area contributed by atoms with Crippen LogP contribution in [0.3, 0.4) is 0 Å². The van der Waals surface area contributed by atoms with Gasteiger partial charge in [0.1, 0.15) is 5.75 Å². The topological polar surface area (TPSA) is 67.0 Å². The molecule has 122 valence electrons. The normalized spacial score (nSPS) is 13.8. The predicted molar refractivity (Wildman–Crippen MR) is 92.5 cm³/mol. The highest BCUT2D eigenvalue weighted by Gasteiger charge is 2.21. The Morgan fingerprint density at radius 3 is 2.87 bits per heavy atom. The third-order valence-corrected chi connectivity index (χ3v) is 5.03. The summed E-state index contributed by atoms with van der Waals surface area (Å²) >= 11 is 1.72. The molecule has 1 heterocycles. The highest BCUT2D eigenvalue weighted by Crippen LogP contribution is 2.32. The molecule has 3 rings (SSSR count). The van der Waals surface area contributed by atoms with E-state index in [-0.39, 0.29) is 5.91 Å². The number of ether oxygens (including phenoxy) is 1. The van der Waals surface area contributed by atoms with Gasteiger partial charge in [-0.05, 0) is 48.8 Å². The smallest absolute Gasteiger partial charge is 0.230 e. The number of nitrogens with zero attached hydrogens (tertiary/aromatic N) is 1. The van der Waals surface area contributed by atoms with Gasteiger partial charge in [-0.2, -0.15) is 16.9 Å². The summed E-state index contributed by atoms with van der Waals surface area (Å²) in [5, 5.41) is 10.1. The van der Waals surface area contributed by atoms with E-state index in [1.807, 2.05) is 24.3 Å². The average Bonchev–Trinajstić information content (AvgIpc) is 3.28. The fraction of sp³-hybridized carbons (Fsp3) is 0.412. The molecule has 0 bridgehead atoms. The molecule has 1 fully saturated rings. The van der Waals surface area contributed by atoms with Crippen molar-refractivity contribution in [2.24, 2.45) is 5.92 Å². The first-order valence-electron chi connectivity index (χ1n) is 7.77. The number of carbonyl (C=O) groups is 1. The largest absolute Gasteiger partial charge is 0.497 e. The lowest BCUT2D eigenvalue weighted by molar-refractivity contribution is -0.118. The Labute approximate surface area is 140 Å². The Kier molecular flexibility index (Phi) is 5.23. The first kappa shape index (κ1) is 15.9. The number of thioether (sulfide) groups is 1. The highest BCUT2D eigenvalue weighted by molar-refractivity contribution is 7.99. The van der Waals surface area contributed by atoms with Gasteiger partial charge in [0.25, 0.3) is 0 Å². The van der Waals surface area contributed by atoms with E-state index < -0.39 is 0 Å². The van der Waals surface area contributed by atoms with Crippen LogP contribution in [-0.2, 0) is 11.3 Å². The lowest BCUT2D eigenvalue weighted by Gasteiger charge is -2.07. The van der Waals surface area contributed by atoms with Crippen LogP contribution in [0.15, 0.2) is 30.5 Å². The van der Waals surface area contributed by atoms with E-state index in [2.05, 4.69) is 15.5 Å². The summed E-state index contributed by atoms with van der Waals surface area (Å²) < 4.78 is 5.17. The summed E-state index contributed by atoms with van der Waals surface area (Å²) in [7, 11) is 1.65. The minimum Gasteiger partial charge on any atom is -0.497 e. The molecule has 1 amide bonds. The maximum Gasteiger partial charge on any atom is 0.230 e. The molecule has 2 aromatic rings. The second-order valence-corrected chi connectivity index (χ2v) is 6.76. The predicted octanol–water partition coefficient (Wildman–Crippen LogP) is 2.84. The molecule has 23 heavy (non-hydrogen) atoms. The van der Waals surface area contributed by atoms with E-state index >= 15 is 0 Å². The van der Waals surface area contributed by atoms with Crippen LogP contribution in [0, 0.1) is 5.92 Å². The van der Waals surface area contributed by atoms with Gasteiger partial charge in [-0.25, -0.2) is 0 Å². The molecule has 1 aromatic carbocycles. The number of aromatic nitrogens is 2. The number of nitrogens with one attached hydrogen (secondary N) is 2. The van der Waals surface area contributed by atoms with Crippen molar-refractivity contribution in [1.82, 2.24) is 15.5 Å². The molecule has 0 atom stereocenters. The fourth-order valence-electron chi connectivity index (χ4n) is 2.30. The van der Waals surface area contributed by atoms with Gasteiger partial charge < -0.3 is 10.1 Å². The number of rotatable bonds is 8. The molecule has 1 aromatic heterocycles. The van der Waals surface area contributed by atoms with E-state index in [0.29, 0.717) is 12.3 Å². The number of methoxy groups -OCH3 is 1. The summed E-state index contributed by atoms with van der Waals surface area (Å²) in [5.41, 5.74) is 2.94. The number of hydrogen-bond acceptors (Lipinski definition) is 4. The van der Waals surface area contributed by atoms with Gasteiger partial charge in [0.05, 0.1) is 24.8 Å². The molecule has 1 aliphatic carbocycles. The van der Waals surface area contributed by atoms with Crippen molar-refractivity contribution in [3.63, 3.8) is 0 Å². The SMILES string of the molecule is COc1ccc(-c2[nH]ncc2CNC(=O)CSCC2CC2)cc1. The maximum atomic E-state index is 11.9. The molecule has 6 heteroatoms. The molecular weight excluding hydrogens is 310 g/mol. The van der Waals surface area contributed by atoms with Crippen LogP contribution < -0.4 is 10.1 Å². The van der Waals surface area contributed by atoms with Crippen molar-refractivity contribution in [3.8, 4) is 17.0 Å². The number of carbonyl (C=O) groups excluding carboxylic acids is 1. The Balaban J connectivity index is 1.53. The Morgan fingerprint density at radius 2 is 2.17 bits per heavy atom. The number of hydrogen-bond donors (Lipinski definition) is 2. The van der Waals surface area contributed by atoms with E-state index in [1.54, 1.807) is 25.1 Å². The van der Waals surface area contributed by atoms with Crippen LogP contribution in [-0.4, -0.2) is 34.7 Å². The Hall–Kier alpha value is -1.95. The fourth-order valence-corrected chi connectivity index (χ4v) is 3.37. The highest BCUT2D eigenvalue weighted by atomic mass is 32.2. The first-order chi connectivity index (χ1) is 11.3. The number of amides is 1. The van der Waals surface area contributed by atoms with Crippen LogP contribution in [0.4, 0.5) is 0 Å². The summed E-state index contributed by atoms with van der Waals surface area (Å²) in [6.45, 7) is 0.487. The van der Waals surface area contributed by atoms with Gasteiger partial charge in [-0.1, -0.05) is 0 Å². The van der Waals surface area contributed by atoms with Gasteiger partial charge in [0.2, 0.25) is 5.91 Å². The minimum atomic E-state index is 0.0810. The number of benzene rings is 1. The zero-order valence-electron chi connectivity index (χ0n) is 13.2. The summed E-state index contributed by atoms with van der Waals surface area (Å²) in [4.78, 5) is 11.9. The van der Waals surface area contributed by atoms with E-state index in [0.717, 1.165) is 34.2 Å². The molecule has 2 N–H and O–H groups in total. The molecule has 5 nitrogen and oxygen atoms in total. The second kappa shape index (κ2) is 7.55. The summed E-state index contributed by atoms with van der Waals surface area (Å²) in [5.74, 6) is 3.39. The van der Waals surface area contributed by atoms with Gasteiger partial charge in [0, 0.05) is 17.7 Å². The first-order valence-corrected chi connectivity index (χ1v) is 8.93. The number of H-pyrrole nitrogens is 1. The molecule has 0 unspecified atom stereocenters. The van der Waals surface area contributed by atoms with Crippen molar-refractivity contribution in [2.45, 2.75) is 19.4 Å². The average molecular weight is 331 g/mol. The second-order valence-electron chi connectivity index (χ2n) is 5.73. The lowest BCUT2D eigenvalue weighted by Crippen LogP contribution is -2.24. The van der Waals surface area contributed by atoms with E-state index in [1.165, 1.54) is 12.8 Å². The molecule has 0 saturated heterocycles. The van der Waals surface area contributed by atoms with Crippen molar-refractivity contribution in [1.29, 1.82) is 0 Å². The molecule has 0 radical (unpaired) electrons. The molecular formula is C17H21N3O2S. The lowest BCUT2D eigenvalue weighted by atomic mass is 10.1. The van der Waals surface area contributed by atoms with Crippen LogP contribution in [0.5, 0.6) is 5.75 Å². The Morgan fingerprint density at radius 1 is 1.39 bits per heavy atom. The zero-order valence-corrected chi connectivity index (χ0v) is 14.0. The van der Waals surface area contributed by atoms with Gasteiger partial charge in [0.15, 0.2) is 0 Å². The molecule has 0 aliphatic heterocycles. The van der Waals surface area contributed by atoms with Gasteiger partial charge in [-0.15, -0.1) is 0 Å². The van der Waals surface area contributed by atoms with Crippen molar-refractivity contribution >= 4 is 17.7 Å². The summed E-state index contributed by atoms with van der Waals surface area (Å²) in [6.07, 6.45) is 4.42. The zero-order chi connectivity index (χ0) is 16.1. The van der Waals surface area contributed by atoms with Crippen LogP contribution >= 0.6 is 11.8 Å². The third kappa shape index (κ3) is 4.51. The van der Waals surface area contributed by atoms with Crippen molar-refractivity contribution < 1.29 is 9.53 Å². The van der Waals surface area contributed by atoms with Gasteiger partial charge in [-0.3, -0.25) is 9.89 Å². The Bertz CT molecular complexity index is 650. The monoisotopic (exact) mass is 331 g/mol. The van der Waals surface area contributed by atoms with Crippen LogP contribution in [0.2, 0.25) is 0 Å². The van der Waals surface area contributed by atoms with Crippen molar-refractivity contribution in [3.05, 3.63) is 36.0 Å². The van der Waals surface area contributed by atoms with E-state index in [9.17, 15) is 4.79 Å². The van der Waals surface area contributed by atoms with Crippen LogP contribution in [0.25, 0.3) is 11.3 Å². The van der Waals surface area contributed by atoms with E-state index in [4.69, 9.17) is 4.74 Å². The number of aromatic amines is 1. The summed E-state index contributed by atoms with van der Waals surface area (Å²) in [6, 6.07) is 7.77. The quantitative estimate of drug-likeness (QED) is 0.780.